The average molecular weight is 497 g/mol. The summed E-state index contributed by atoms with van der Waals surface area (Å²) in [5.41, 5.74) is -0.418. The number of carbonyl (C=O) groups excluding carboxylic acids is 2. The van der Waals surface area contributed by atoms with E-state index in [2.05, 4.69) is 4.84 Å². The highest BCUT2D eigenvalue weighted by Crippen LogP contribution is 2.36. The molecule has 2 rings (SSSR count). The van der Waals surface area contributed by atoms with Gasteiger partial charge in [0.2, 0.25) is 5.82 Å². The van der Waals surface area contributed by atoms with E-state index in [1.54, 1.807) is 6.08 Å². The van der Waals surface area contributed by atoms with Crippen LogP contribution in [0.3, 0.4) is 0 Å². The topological polar surface area (TPSA) is 83.1 Å². The van der Waals surface area contributed by atoms with Gasteiger partial charge in [-0.25, -0.2) is 31.5 Å². The maximum absolute atomic E-state index is 13.7. The van der Waals surface area contributed by atoms with Crippen LogP contribution >= 0.6 is 0 Å². The molecule has 1 amide bonds. The highest BCUT2D eigenvalue weighted by atomic mass is 28.4. The molecule has 7 nitrogen and oxygen atoms in total. The van der Waals surface area contributed by atoms with Crippen LogP contribution in [0.15, 0.2) is 12.2 Å². The van der Waals surface area contributed by atoms with Crippen LogP contribution < -0.4 is 5.48 Å². The SMILES string of the molecule is CC(C)(C)[Si](C)(C)OC[C@H]1OCC=C[C@H]1OC(=O)NOC(=O)c1c(F)c(F)c(F)c(F)c1F. The van der Waals surface area contributed by atoms with Crippen molar-refractivity contribution in [2.24, 2.45) is 0 Å². The summed E-state index contributed by atoms with van der Waals surface area (Å²) in [4.78, 5) is 27.9. The minimum atomic E-state index is -2.44. The van der Waals surface area contributed by atoms with E-state index in [1.165, 1.54) is 11.6 Å². The molecule has 0 aromatic heterocycles. The van der Waals surface area contributed by atoms with Gasteiger partial charge in [0.15, 0.2) is 37.7 Å². The van der Waals surface area contributed by atoms with E-state index in [-0.39, 0.29) is 18.3 Å². The summed E-state index contributed by atoms with van der Waals surface area (Å²) in [6.45, 7) is 10.5. The van der Waals surface area contributed by atoms with Gasteiger partial charge in [-0.2, -0.15) is 0 Å². The Bertz CT molecular complexity index is 921. The van der Waals surface area contributed by atoms with Gasteiger partial charge in [0.05, 0.1) is 13.2 Å². The molecule has 1 aliphatic rings. The van der Waals surface area contributed by atoms with Crippen LogP contribution in [0.5, 0.6) is 0 Å². The number of carbonyl (C=O) groups is 2. The zero-order chi connectivity index (χ0) is 25.1. The molecule has 1 N–H and O–H groups in total. The van der Waals surface area contributed by atoms with Crippen LogP contribution in [0.2, 0.25) is 18.1 Å². The Balaban J connectivity index is 2.00. The zero-order valence-electron chi connectivity index (χ0n) is 18.6. The van der Waals surface area contributed by atoms with Gasteiger partial charge in [0.25, 0.3) is 0 Å². The van der Waals surface area contributed by atoms with Gasteiger partial charge in [-0.15, -0.1) is 5.48 Å². The lowest BCUT2D eigenvalue weighted by atomic mass is 10.1. The van der Waals surface area contributed by atoms with Gasteiger partial charge in [0, 0.05) is 0 Å². The summed E-state index contributed by atoms with van der Waals surface area (Å²) in [6.07, 6.45) is 0.0535. The monoisotopic (exact) mass is 497 g/mol. The molecule has 0 aliphatic carbocycles. The van der Waals surface area contributed by atoms with Gasteiger partial charge in [0.1, 0.15) is 11.7 Å². The number of halogens is 5. The summed E-state index contributed by atoms with van der Waals surface area (Å²) < 4.78 is 83.5. The second-order valence-electron chi connectivity index (χ2n) is 8.68. The third-order valence-corrected chi connectivity index (χ3v) is 9.90. The van der Waals surface area contributed by atoms with Crippen molar-refractivity contribution in [2.75, 3.05) is 13.2 Å². The summed E-state index contributed by atoms with van der Waals surface area (Å²) in [5.74, 6) is -13.9. The van der Waals surface area contributed by atoms with Crippen LogP contribution in [-0.2, 0) is 18.7 Å². The van der Waals surface area contributed by atoms with Crippen molar-refractivity contribution in [3.63, 3.8) is 0 Å². The Kier molecular flexibility index (Phi) is 8.25. The van der Waals surface area contributed by atoms with Crippen LogP contribution in [0, 0.1) is 29.1 Å². The number of amides is 1. The first-order chi connectivity index (χ1) is 15.2. The van der Waals surface area contributed by atoms with Crippen molar-refractivity contribution in [2.45, 2.75) is 51.1 Å². The molecule has 33 heavy (non-hydrogen) atoms. The maximum atomic E-state index is 13.7. The molecule has 0 saturated heterocycles. The Morgan fingerprint density at radius 3 is 2.15 bits per heavy atom. The fourth-order valence-corrected chi connectivity index (χ4v) is 3.44. The molecule has 0 radical (unpaired) electrons. The minimum Gasteiger partial charge on any atom is -0.437 e. The first-order valence-electron chi connectivity index (χ1n) is 9.78. The van der Waals surface area contributed by atoms with E-state index in [0.29, 0.717) is 0 Å². The largest absolute Gasteiger partial charge is 0.441 e. The molecule has 0 spiro atoms. The quantitative estimate of drug-likeness (QED) is 0.161. The van der Waals surface area contributed by atoms with Crippen molar-refractivity contribution in [3.8, 4) is 0 Å². The van der Waals surface area contributed by atoms with Gasteiger partial charge in [-0.05, 0) is 24.2 Å². The highest BCUT2D eigenvalue weighted by Gasteiger charge is 2.39. The number of nitrogens with one attached hydrogen (secondary N) is 1. The number of benzene rings is 1. The molecule has 1 heterocycles. The fraction of sp³-hybridized carbons (Fsp3) is 0.500. The summed E-state index contributed by atoms with van der Waals surface area (Å²) >= 11 is 0. The molecule has 0 saturated carbocycles. The Morgan fingerprint density at radius 1 is 1.06 bits per heavy atom. The van der Waals surface area contributed by atoms with E-state index < -0.39 is 67.2 Å². The molecule has 2 atom stereocenters. The number of rotatable bonds is 5. The highest BCUT2D eigenvalue weighted by molar-refractivity contribution is 6.74. The Hall–Kier alpha value is -2.51. The second-order valence-corrected chi connectivity index (χ2v) is 13.5. The lowest BCUT2D eigenvalue weighted by Crippen LogP contribution is -2.47. The fourth-order valence-electron chi connectivity index (χ4n) is 2.42. The first kappa shape index (κ1) is 26.7. The van der Waals surface area contributed by atoms with E-state index in [1.807, 2.05) is 33.9 Å². The Labute approximate surface area is 187 Å². The summed E-state index contributed by atoms with van der Waals surface area (Å²) in [7, 11) is -2.14. The van der Waals surface area contributed by atoms with Crippen LogP contribution in [0.1, 0.15) is 31.1 Å². The summed E-state index contributed by atoms with van der Waals surface area (Å²) in [6, 6.07) is 0. The minimum absolute atomic E-state index is 0.0801. The van der Waals surface area contributed by atoms with Crippen molar-refractivity contribution in [1.29, 1.82) is 0 Å². The predicted octanol–water partition coefficient (Wildman–Crippen LogP) is 4.53. The standard InChI is InChI=1S/C20H24F5NO6Si/c1-20(2,3)33(4,5)30-9-11-10(7-6-8-29-11)31-19(28)26-32-18(27)12-13(21)15(23)17(25)16(24)14(12)22/h6-7,10-11H,8-9H2,1-5H3,(H,26,28)/t10-,11-/m1/s1. The van der Waals surface area contributed by atoms with Crippen molar-refractivity contribution in [3.05, 3.63) is 46.8 Å². The van der Waals surface area contributed by atoms with Crippen LogP contribution in [0.25, 0.3) is 0 Å². The third-order valence-electron chi connectivity index (χ3n) is 5.40. The average Bonchev–Trinajstić information content (AvgIpc) is 2.73. The Morgan fingerprint density at radius 2 is 1.61 bits per heavy atom. The maximum Gasteiger partial charge on any atom is 0.441 e. The second kappa shape index (κ2) is 10.2. The molecule has 0 bridgehead atoms. The van der Waals surface area contributed by atoms with Crippen molar-refractivity contribution < 1.29 is 50.3 Å². The van der Waals surface area contributed by atoms with Crippen molar-refractivity contribution in [1.82, 2.24) is 5.48 Å². The number of ether oxygens (including phenoxy) is 2. The molecule has 184 valence electrons. The van der Waals surface area contributed by atoms with Crippen molar-refractivity contribution >= 4 is 20.4 Å². The van der Waals surface area contributed by atoms with E-state index in [4.69, 9.17) is 13.9 Å². The molecule has 1 aromatic carbocycles. The number of hydrogen-bond donors (Lipinski definition) is 1. The molecule has 0 fully saturated rings. The molecular formula is C20H24F5NO6Si. The van der Waals surface area contributed by atoms with Gasteiger partial charge < -0.3 is 18.7 Å². The van der Waals surface area contributed by atoms with Gasteiger partial charge in [-0.1, -0.05) is 26.8 Å². The van der Waals surface area contributed by atoms with Crippen LogP contribution in [0.4, 0.5) is 26.7 Å². The normalized spacial score (nSPS) is 18.7. The predicted molar refractivity (Wildman–Crippen MR) is 107 cm³/mol. The lowest BCUT2D eigenvalue weighted by molar-refractivity contribution is -0.0546. The molecule has 1 aliphatic heterocycles. The third kappa shape index (κ3) is 6.09. The summed E-state index contributed by atoms with van der Waals surface area (Å²) in [5, 5.41) is -0.0801. The molecule has 0 unspecified atom stereocenters. The lowest BCUT2D eigenvalue weighted by Gasteiger charge is -2.38. The van der Waals surface area contributed by atoms with Gasteiger partial charge in [-0.3, -0.25) is 0 Å². The number of hydrogen-bond acceptors (Lipinski definition) is 6. The molecule has 1 aromatic rings. The zero-order valence-corrected chi connectivity index (χ0v) is 19.6. The smallest absolute Gasteiger partial charge is 0.437 e. The first-order valence-corrected chi connectivity index (χ1v) is 12.7. The number of hydroxylamine groups is 1. The van der Waals surface area contributed by atoms with E-state index in [9.17, 15) is 31.5 Å². The van der Waals surface area contributed by atoms with Crippen LogP contribution in [-0.4, -0.2) is 45.8 Å². The molecular weight excluding hydrogens is 473 g/mol. The van der Waals surface area contributed by atoms with Gasteiger partial charge >= 0.3 is 12.1 Å². The van der Waals surface area contributed by atoms with E-state index in [0.717, 1.165) is 0 Å². The molecule has 13 heteroatoms. The van der Waals surface area contributed by atoms with E-state index >= 15 is 0 Å².